The summed E-state index contributed by atoms with van der Waals surface area (Å²) < 4.78 is 14.3. The van der Waals surface area contributed by atoms with Crippen molar-refractivity contribution < 1.29 is 9.18 Å². The van der Waals surface area contributed by atoms with Crippen molar-refractivity contribution in [3.8, 4) is 12.3 Å². The predicted octanol–water partition coefficient (Wildman–Crippen LogP) is 2.38. The molecule has 0 aliphatic rings. The maximum Gasteiger partial charge on any atom is 0.263 e. The standard InChI is InChI=1S/C13H11FN2OS/c1-2-3-7-16-13(17)12-11(15)10-8(14)5-4-6-9(10)18-12/h1,4-6H,3,7,15H2,(H,16,17). The van der Waals surface area contributed by atoms with Gasteiger partial charge in [-0.15, -0.1) is 23.7 Å². The number of nitrogens with one attached hydrogen (secondary N) is 1. The maximum atomic E-state index is 13.6. The van der Waals surface area contributed by atoms with E-state index in [9.17, 15) is 9.18 Å². The monoisotopic (exact) mass is 262 g/mol. The summed E-state index contributed by atoms with van der Waals surface area (Å²) in [7, 11) is 0. The van der Waals surface area contributed by atoms with E-state index < -0.39 is 5.82 Å². The molecule has 1 aromatic carbocycles. The highest BCUT2D eigenvalue weighted by atomic mass is 32.1. The Morgan fingerprint density at radius 3 is 3.00 bits per heavy atom. The number of hydrogen-bond acceptors (Lipinski definition) is 3. The number of rotatable bonds is 3. The number of carbonyl (C=O) groups is 1. The van der Waals surface area contributed by atoms with E-state index in [0.717, 1.165) is 0 Å². The Balaban J connectivity index is 2.35. The normalized spacial score (nSPS) is 10.2. The van der Waals surface area contributed by atoms with Gasteiger partial charge in [0.05, 0.1) is 11.1 Å². The van der Waals surface area contributed by atoms with Gasteiger partial charge < -0.3 is 11.1 Å². The lowest BCUT2D eigenvalue weighted by molar-refractivity contribution is 0.0959. The quantitative estimate of drug-likeness (QED) is 0.659. The van der Waals surface area contributed by atoms with Crippen LogP contribution in [0.3, 0.4) is 0 Å². The molecule has 1 amide bonds. The van der Waals surface area contributed by atoms with Crippen LogP contribution >= 0.6 is 11.3 Å². The van der Waals surface area contributed by atoms with Crippen LogP contribution in [0.15, 0.2) is 18.2 Å². The van der Waals surface area contributed by atoms with Gasteiger partial charge in [0.15, 0.2) is 0 Å². The van der Waals surface area contributed by atoms with Crippen molar-refractivity contribution in [3.63, 3.8) is 0 Å². The zero-order valence-corrected chi connectivity index (χ0v) is 10.3. The largest absolute Gasteiger partial charge is 0.397 e. The fourth-order valence-corrected chi connectivity index (χ4v) is 2.68. The lowest BCUT2D eigenvalue weighted by Gasteiger charge is -2.01. The van der Waals surface area contributed by atoms with Gasteiger partial charge in [-0.25, -0.2) is 4.39 Å². The first-order valence-electron chi connectivity index (χ1n) is 5.33. The summed E-state index contributed by atoms with van der Waals surface area (Å²) >= 11 is 1.18. The second-order valence-corrected chi connectivity index (χ2v) is 4.72. The van der Waals surface area contributed by atoms with Crippen LogP contribution in [-0.2, 0) is 0 Å². The number of carbonyl (C=O) groups excluding carboxylic acids is 1. The highest BCUT2D eigenvalue weighted by Gasteiger charge is 2.17. The van der Waals surface area contributed by atoms with Gasteiger partial charge in [-0.1, -0.05) is 6.07 Å². The number of anilines is 1. The Morgan fingerprint density at radius 2 is 2.33 bits per heavy atom. The second-order valence-electron chi connectivity index (χ2n) is 3.67. The van der Waals surface area contributed by atoms with Crippen LogP contribution in [0.25, 0.3) is 10.1 Å². The van der Waals surface area contributed by atoms with E-state index in [2.05, 4.69) is 11.2 Å². The van der Waals surface area contributed by atoms with Crippen molar-refractivity contribution in [1.82, 2.24) is 5.32 Å². The summed E-state index contributed by atoms with van der Waals surface area (Å²) in [5, 5.41) is 2.96. The molecule has 18 heavy (non-hydrogen) atoms. The molecule has 0 aliphatic heterocycles. The van der Waals surface area contributed by atoms with Crippen molar-refractivity contribution in [3.05, 3.63) is 28.9 Å². The molecule has 2 rings (SSSR count). The minimum atomic E-state index is -0.413. The molecule has 0 radical (unpaired) electrons. The third-order valence-electron chi connectivity index (χ3n) is 2.46. The average Bonchev–Trinajstić information content (AvgIpc) is 2.68. The van der Waals surface area contributed by atoms with Gasteiger partial charge in [0.2, 0.25) is 0 Å². The summed E-state index contributed by atoms with van der Waals surface area (Å²) in [6, 6.07) is 4.65. The fourth-order valence-electron chi connectivity index (χ4n) is 1.63. The molecule has 2 aromatic rings. The molecular formula is C13H11FN2OS. The number of nitrogens with two attached hydrogens (primary N) is 1. The lowest BCUT2D eigenvalue weighted by atomic mass is 10.2. The van der Waals surface area contributed by atoms with E-state index in [-0.39, 0.29) is 11.6 Å². The SMILES string of the molecule is C#CCCNC(=O)c1sc2cccc(F)c2c1N. The van der Waals surface area contributed by atoms with E-state index in [0.29, 0.717) is 27.9 Å². The number of thiophene rings is 1. The number of fused-ring (bicyclic) bond motifs is 1. The van der Waals surface area contributed by atoms with Crippen LogP contribution in [0.2, 0.25) is 0 Å². The van der Waals surface area contributed by atoms with Crippen molar-refractivity contribution in [1.29, 1.82) is 0 Å². The van der Waals surface area contributed by atoms with Gasteiger partial charge in [0, 0.05) is 17.7 Å². The van der Waals surface area contributed by atoms with Crippen molar-refractivity contribution >= 4 is 33.0 Å². The summed E-state index contributed by atoms with van der Waals surface area (Å²) in [4.78, 5) is 12.2. The van der Waals surface area contributed by atoms with Gasteiger partial charge in [-0.05, 0) is 12.1 Å². The van der Waals surface area contributed by atoms with E-state index in [1.54, 1.807) is 12.1 Å². The zero-order chi connectivity index (χ0) is 13.1. The van der Waals surface area contributed by atoms with Crippen LogP contribution in [-0.4, -0.2) is 12.5 Å². The van der Waals surface area contributed by atoms with E-state index >= 15 is 0 Å². The number of halogens is 1. The zero-order valence-electron chi connectivity index (χ0n) is 9.50. The third-order valence-corrected chi connectivity index (χ3v) is 3.63. The van der Waals surface area contributed by atoms with Crippen molar-refractivity contribution in [2.75, 3.05) is 12.3 Å². The minimum Gasteiger partial charge on any atom is -0.397 e. The molecule has 3 nitrogen and oxygen atoms in total. The minimum absolute atomic E-state index is 0.186. The molecule has 0 aliphatic carbocycles. The fraction of sp³-hybridized carbons (Fsp3) is 0.154. The van der Waals surface area contributed by atoms with Gasteiger partial charge in [0.1, 0.15) is 10.7 Å². The highest BCUT2D eigenvalue weighted by Crippen LogP contribution is 2.35. The number of hydrogen-bond donors (Lipinski definition) is 2. The average molecular weight is 262 g/mol. The predicted molar refractivity (Wildman–Crippen MR) is 72.0 cm³/mol. The molecule has 0 saturated heterocycles. The Kier molecular flexibility index (Phi) is 3.49. The number of amides is 1. The number of nitrogen functional groups attached to an aromatic ring is 1. The van der Waals surface area contributed by atoms with E-state index in [4.69, 9.17) is 12.2 Å². The number of benzene rings is 1. The summed E-state index contributed by atoms with van der Waals surface area (Å²) in [6.07, 6.45) is 5.54. The van der Waals surface area contributed by atoms with Crippen LogP contribution in [0, 0.1) is 18.2 Å². The summed E-state index contributed by atoms with van der Waals surface area (Å²) in [5.41, 5.74) is 6.00. The molecule has 0 bridgehead atoms. The van der Waals surface area contributed by atoms with Crippen LogP contribution < -0.4 is 11.1 Å². The molecule has 1 aromatic heterocycles. The third kappa shape index (κ3) is 2.15. The smallest absolute Gasteiger partial charge is 0.263 e. The van der Waals surface area contributed by atoms with Crippen molar-refractivity contribution in [2.45, 2.75) is 6.42 Å². The first kappa shape index (κ1) is 12.4. The second kappa shape index (κ2) is 5.07. The highest BCUT2D eigenvalue weighted by molar-refractivity contribution is 7.21. The molecule has 0 spiro atoms. The molecule has 3 N–H and O–H groups in total. The van der Waals surface area contributed by atoms with Crippen molar-refractivity contribution in [2.24, 2.45) is 0 Å². The molecule has 1 heterocycles. The molecule has 0 atom stereocenters. The molecular weight excluding hydrogens is 251 g/mol. The molecule has 0 saturated carbocycles. The Hall–Kier alpha value is -2.06. The molecule has 0 unspecified atom stereocenters. The van der Waals surface area contributed by atoms with Gasteiger partial charge >= 0.3 is 0 Å². The van der Waals surface area contributed by atoms with Crippen LogP contribution in [0.1, 0.15) is 16.1 Å². The lowest BCUT2D eigenvalue weighted by Crippen LogP contribution is -2.24. The van der Waals surface area contributed by atoms with E-state index in [1.807, 2.05) is 0 Å². The Morgan fingerprint density at radius 1 is 1.56 bits per heavy atom. The Bertz CT molecular complexity index is 642. The molecule has 0 fully saturated rings. The Labute approximate surface area is 108 Å². The van der Waals surface area contributed by atoms with Gasteiger partial charge in [0.25, 0.3) is 5.91 Å². The maximum absolute atomic E-state index is 13.6. The van der Waals surface area contributed by atoms with Crippen LogP contribution in [0.5, 0.6) is 0 Å². The number of terminal acetylenes is 1. The topological polar surface area (TPSA) is 55.1 Å². The van der Waals surface area contributed by atoms with Gasteiger partial charge in [-0.2, -0.15) is 0 Å². The first-order valence-corrected chi connectivity index (χ1v) is 6.15. The summed E-state index contributed by atoms with van der Waals surface area (Å²) in [6.45, 7) is 0.380. The summed E-state index contributed by atoms with van der Waals surface area (Å²) in [5.74, 6) is 1.69. The molecule has 5 heteroatoms. The van der Waals surface area contributed by atoms with Crippen LogP contribution in [0.4, 0.5) is 10.1 Å². The molecule has 92 valence electrons. The van der Waals surface area contributed by atoms with Gasteiger partial charge in [-0.3, -0.25) is 4.79 Å². The van der Waals surface area contributed by atoms with E-state index in [1.165, 1.54) is 17.4 Å². The first-order chi connectivity index (χ1) is 8.65.